The molecule has 63 valence electrons. The lowest BCUT2D eigenvalue weighted by Crippen LogP contribution is -1.69. The van der Waals surface area contributed by atoms with E-state index in [1.165, 1.54) is 32.1 Å². The molecule has 1 radical (unpaired) electrons. The van der Waals surface area contributed by atoms with Gasteiger partial charge in [0.1, 0.15) is 0 Å². The first-order valence-corrected chi connectivity index (χ1v) is 4.51. The molecule has 0 aliphatic rings. The van der Waals surface area contributed by atoms with Gasteiger partial charge < -0.3 is 0 Å². The van der Waals surface area contributed by atoms with Gasteiger partial charge in [0.2, 0.25) is 0 Å². The Morgan fingerprint density at radius 1 is 1.00 bits per heavy atom. The first-order chi connectivity index (χ1) is 5.41. The van der Waals surface area contributed by atoms with Gasteiger partial charge in [0.25, 0.3) is 0 Å². The number of hydrogen-bond acceptors (Lipinski definition) is 0. The van der Waals surface area contributed by atoms with Gasteiger partial charge in [-0.25, -0.2) is 0 Å². The number of hydrogen-bond donors (Lipinski definition) is 0. The topological polar surface area (TPSA) is 0 Å². The highest BCUT2D eigenvalue weighted by molar-refractivity contribution is 4.86. The quantitative estimate of drug-likeness (QED) is 0.399. The van der Waals surface area contributed by atoms with E-state index in [-0.39, 0.29) is 0 Å². The molecule has 0 rings (SSSR count). The smallest absolute Gasteiger partial charge is 0.0316 e. The van der Waals surface area contributed by atoms with Crippen LogP contribution in [0, 0.1) is 6.92 Å². The van der Waals surface area contributed by atoms with E-state index in [4.69, 9.17) is 0 Å². The molecule has 0 aromatic rings. The summed E-state index contributed by atoms with van der Waals surface area (Å²) in [5.74, 6) is 0. The fraction of sp³-hybridized carbons (Fsp3) is 0.545. The standard InChI is InChI=1S/C11H19/c1-3-5-7-9-11-10-8-6-4-2/h3,5,8,10H,1,4,6-7,9,11H2,2H3. The second kappa shape index (κ2) is 9.48. The molecule has 0 unspecified atom stereocenters. The van der Waals surface area contributed by atoms with Crippen LogP contribution in [0.3, 0.4) is 0 Å². The molecule has 0 aliphatic heterocycles. The summed E-state index contributed by atoms with van der Waals surface area (Å²) in [5, 5.41) is 0. The van der Waals surface area contributed by atoms with Gasteiger partial charge in [-0.1, -0.05) is 37.6 Å². The van der Waals surface area contributed by atoms with Crippen molar-refractivity contribution in [2.24, 2.45) is 0 Å². The maximum atomic E-state index is 3.63. The summed E-state index contributed by atoms with van der Waals surface area (Å²) in [6.07, 6.45) is 14.7. The highest BCUT2D eigenvalue weighted by Crippen LogP contribution is 1.99. The maximum Gasteiger partial charge on any atom is -0.0316 e. The maximum absolute atomic E-state index is 3.63. The van der Waals surface area contributed by atoms with Crippen molar-refractivity contribution in [1.82, 2.24) is 0 Å². The highest BCUT2D eigenvalue weighted by Gasteiger charge is 1.79. The molecule has 0 bridgehead atoms. The molecule has 0 aliphatic carbocycles. The van der Waals surface area contributed by atoms with Gasteiger partial charge in [0.15, 0.2) is 0 Å². The molecule has 0 atom stereocenters. The van der Waals surface area contributed by atoms with E-state index in [0.717, 1.165) is 0 Å². The Labute approximate surface area is 71.0 Å². The van der Waals surface area contributed by atoms with Crippen molar-refractivity contribution in [3.05, 3.63) is 31.2 Å². The van der Waals surface area contributed by atoms with Crippen molar-refractivity contribution in [2.75, 3.05) is 0 Å². The van der Waals surface area contributed by atoms with Gasteiger partial charge in [-0.05, 0) is 32.6 Å². The number of unbranched alkanes of at least 4 members (excludes halogenated alkanes) is 3. The number of allylic oxidation sites excluding steroid dienone is 4. The van der Waals surface area contributed by atoms with Crippen LogP contribution in [-0.2, 0) is 0 Å². The van der Waals surface area contributed by atoms with Crippen molar-refractivity contribution in [2.45, 2.75) is 39.0 Å². The Morgan fingerprint density at radius 2 is 1.64 bits per heavy atom. The van der Waals surface area contributed by atoms with Gasteiger partial charge >= 0.3 is 0 Å². The number of rotatable bonds is 6. The van der Waals surface area contributed by atoms with Crippen LogP contribution < -0.4 is 0 Å². The molecule has 0 nitrogen and oxygen atoms in total. The fourth-order valence-corrected chi connectivity index (χ4v) is 0.874. The molecule has 0 heterocycles. The average molecular weight is 151 g/mol. The summed E-state index contributed by atoms with van der Waals surface area (Å²) < 4.78 is 0. The van der Waals surface area contributed by atoms with Crippen LogP contribution in [0.1, 0.15) is 39.0 Å². The zero-order valence-electron chi connectivity index (χ0n) is 7.55. The monoisotopic (exact) mass is 151 g/mol. The Morgan fingerprint density at radius 3 is 2.27 bits per heavy atom. The molecule has 0 fully saturated rings. The zero-order valence-corrected chi connectivity index (χ0v) is 7.55. The van der Waals surface area contributed by atoms with Crippen molar-refractivity contribution in [3.8, 4) is 0 Å². The zero-order chi connectivity index (χ0) is 8.36. The van der Waals surface area contributed by atoms with Gasteiger partial charge in [-0.3, -0.25) is 0 Å². The minimum absolute atomic E-state index is 1.17. The third-order valence-corrected chi connectivity index (χ3v) is 1.53. The average Bonchev–Trinajstić information content (AvgIpc) is 2.03. The van der Waals surface area contributed by atoms with Crippen LogP contribution >= 0.6 is 0 Å². The first kappa shape index (κ1) is 10.5. The van der Waals surface area contributed by atoms with Crippen molar-refractivity contribution in [1.29, 1.82) is 0 Å². The third kappa shape index (κ3) is 9.48. The lowest BCUT2D eigenvalue weighted by Gasteiger charge is -1.89. The van der Waals surface area contributed by atoms with Crippen LogP contribution in [-0.4, -0.2) is 0 Å². The van der Waals surface area contributed by atoms with Gasteiger partial charge in [-0.2, -0.15) is 0 Å². The minimum Gasteiger partial charge on any atom is -0.0885 e. The summed E-state index contributed by atoms with van der Waals surface area (Å²) in [6, 6.07) is 0. The summed E-state index contributed by atoms with van der Waals surface area (Å²) in [7, 11) is 0. The summed E-state index contributed by atoms with van der Waals surface area (Å²) in [5.41, 5.74) is 0. The molecule has 0 N–H and O–H groups in total. The van der Waals surface area contributed by atoms with Crippen molar-refractivity contribution < 1.29 is 0 Å². The lowest BCUT2D eigenvalue weighted by molar-refractivity contribution is 0.859. The molecule has 0 amide bonds. The third-order valence-electron chi connectivity index (χ3n) is 1.53. The van der Waals surface area contributed by atoms with Crippen LogP contribution in [0.15, 0.2) is 24.3 Å². The van der Waals surface area contributed by atoms with E-state index in [0.29, 0.717) is 0 Å². The summed E-state index contributed by atoms with van der Waals surface area (Å²) in [4.78, 5) is 0. The molecule has 0 aromatic carbocycles. The largest absolute Gasteiger partial charge is 0.0885 e. The predicted molar refractivity (Wildman–Crippen MR) is 52.4 cm³/mol. The van der Waals surface area contributed by atoms with Gasteiger partial charge in [-0.15, -0.1) is 0 Å². The Hall–Kier alpha value is -0.520. The Bertz CT molecular complexity index is 109. The van der Waals surface area contributed by atoms with Gasteiger partial charge in [0, 0.05) is 0 Å². The predicted octanol–water partition coefficient (Wildman–Crippen LogP) is 3.90. The van der Waals surface area contributed by atoms with E-state index in [9.17, 15) is 0 Å². The summed E-state index contributed by atoms with van der Waals surface area (Å²) in [6.45, 7) is 5.84. The normalized spacial score (nSPS) is 11.8. The van der Waals surface area contributed by atoms with Crippen molar-refractivity contribution in [3.63, 3.8) is 0 Å². The van der Waals surface area contributed by atoms with E-state index >= 15 is 0 Å². The second-order valence-corrected chi connectivity index (χ2v) is 2.66. The molecule has 0 saturated heterocycles. The van der Waals surface area contributed by atoms with Crippen LogP contribution in [0.5, 0.6) is 0 Å². The summed E-state index contributed by atoms with van der Waals surface area (Å²) >= 11 is 0. The second-order valence-electron chi connectivity index (χ2n) is 2.66. The molecular weight excluding hydrogens is 132 g/mol. The molecule has 11 heavy (non-hydrogen) atoms. The molecule has 0 heteroatoms. The first-order valence-electron chi connectivity index (χ1n) is 4.51. The van der Waals surface area contributed by atoms with E-state index in [1.807, 2.05) is 6.08 Å². The molecular formula is C11H19. The van der Waals surface area contributed by atoms with Crippen LogP contribution in [0.2, 0.25) is 0 Å². The molecule has 0 aromatic heterocycles. The van der Waals surface area contributed by atoms with Crippen LogP contribution in [0.25, 0.3) is 0 Å². The highest BCUT2D eigenvalue weighted by atomic mass is 13.9. The van der Waals surface area contributed by atoms with Crippen molar-refractivity contribution >= 4 is 0 Å². The van der Waals surface area contributed by atoms with E-state index < -0.39 is 0 Å². The molecule has 0 spiro atoms. The SMILES string of the molecule is [CH2]C=CCCCC=CCCC. The van der Waals surface area contributed by atoms with E-state index in [1.54, 1.807) is 0 Å². The Balaban J connectivity index is 3.00. The fourth-order valence-electron chi connectivity index (χ4n) is 0.874. The minimum atomic E-state index is 1.17. The lowest BCUT2D eigenvalue weighted by atomic mass is 10.2. The van der Waals surface area contributed by atoms with Gasteiger partial charge in [0.05, 0.1) is 0 Å². The molecule has 0 saturated carbocycles. The Kier molecular flexibility index (Phi) is 9.03. The van der Waals surface area contributed by atoms with E-state index in [2.05, 4.69) is 32.1 Å². The van der Waals surface area contributed by atoms with Crippen LogP contribution in [0.4, 0.5) is 0 Å².